The second kappa shape index (κ2) is 23.2. The van der Waals surface area contributed by atoms with E-state index in [-0.39, 0.29) is 127 Å². The number of likely N-dealkylation sites (tertiary alicyclic amines) is 1. The molecule has 17 nitrogen and oxygen atoms in total. The van der Waals surface area contributed by atoms with Crippen molar-refractivity contribution in [3.63, 3.8) is 0 Å². The molecule has 0 spiro atoms. The molecule has 17 heteroatoms. The predicted octanol–water partition coefficient (Wildman–Crippen LogP) is 9.71. The molecule has 1 amide bonds. The van der Waals surface area contributed by atoms with Crippen LogP contribution >= 0.6 is 0 Å². The normalized spacial score (nSPS) is 41.7. The zero-order chi connectivity index (χ0) is 59.2. The number of hydrogen-bond donors (Lipinski definition) is 2. The molecule has 8 bridgehead atoms. The summed E-state index contributed by atoms with van der Waals surface area (Å²) < 4.78 is 35.1. The summed E-state index contributed by atoms with van der Waals surface area (Å²) in [5.74, 6) is -6.75. The summed E-state index contributed by atoms with van der Waals surface area (Å²) in [7, 11) is 0. The summed E-state index contributed by atoms with van der Waals surface area (Å²) in [5.41, 5.74) is -2.15. The molecule has 2 heterocycles. The van der Waals surface area contributed by atoms with Crippen molar-refractivity contribution in [2.45, 2.75) is 195 Å². The minimum absolute atomic E-state index is 0.0188. The van der Waals surface area contributed by atoms with Crippen molar-refractivity contribution in [1.29, 1.82) is 0 Å². The fourth-order valence-corrected chi connectivity index (χ4v) is 20.0. The smallest absolute Gasteiger partial charge is 0.410 e. The van der Waals surface area contributed by atoms with Crippen LogP contribution in [-0.2, 0) is 62.0 Å². The second-order valence-electron chi connectivity index (χ2n) is 30.8. The van der Waals surface area contributed by atoms with E-state index in [1.165, 1.54) is 0 Å². The molecule has 82 heavy (non-hydrogen) atoms. The monoisotopic (exact) mass is 1150 g/mol. The van der Waals surface area contributed by atoms with Gasteiger partial charge in [-0.05, 0) is 247 Å². The molecule has 24 atom stereocenters. The second-order valence-corrected chi connectivity index (χ2v) is 30.8. The summed E-state index contributed by atoms with van der Waals surface area (Å²) in [6, 6.07) is -0.203. The lowest BCUT2D eigenvalue weighted by molar-refractivity contribution is -0.174. The van der Waals surface area contributed by atoms with Gasteiger partial charge in [-0.1, -0.05) is 13.8 Å². The van der Waals surface area contributed by atoms with Gasteiger partial charge in [0, 0.05) is 19.0 Å². The molecule has 0 aromatic heterocycles. The van der Waals surface area contributed by atoms with Crippen molar-refractivity contribution in [2.24, 2.45) is 136 Å². The van der Waals surface area contributed by atoms with E-state index in [0.717, 1.165) is 64.2 Å². The Balaban J connectivity index is 0.951. The third kappa shape index (κ3) is 12.0. The van der Waals surface area contributed by atoms with Crippen LogP contribution in [0.15, 0.2) is 0 Å². The Morgan fingerprint density at radius 2 is 1.04 bits per heavy atom. The van der Waals surface area contributed by atoms with Crippen LogP contribution < -0.4 is 0 Å². The maximum atomic E-state index is 14.9. The van der Waals surface area contributed by atoms with E-state index in [1.807, 2.05) is 41.5 Å². The Hall–Kier alpha value is -4.28. The lowest BCUT2D eigenvalue weighted by Crippen LogP contribution is -2.48. The van der Waals surface area contributed by atoms with Crippen LogP contribution in [-0.4, -0.2) is 112 Å². The quantitative estimate of drug-likeness (QED) is 0.0738. The molecule has 8 aliphatic carbocycles. The molecule has 0 radical (unpaired) electrons. The van der Waals surface area contributed by atoms with Crippen molar-refractivity contribution in [2.75, 3.05) is 26.4 Å². The third-order valence-corrected chi connectivity index (χ3v) is 23.0. The van der Waals surface area contributed by atoms with Crippen molar-refractivity contribution >= 4 is 47.9 Å². The third-order valence-electron chi connectivity index (χ3n) is 23.0. The molecule has 0 aromatic rings. The first kappa shape index (κ1) is 60.8. The molecule has 2 aliphatic heterocycles. The number of aliphatic carboxylic acids is 1. The molecule has 8 saturated carbocycles. The summed E-state index contributed by atoms with van der Waals surface area (Å²) in [4.78, 5) is 113. The van der Waals surface area contributed by atoms with Crippen LogP contribution in [0.25, 0.3) is 0 Å². The van der Waals surface area contributed by atoms with Crippen LogP contribution in [0.2, 0.25) is 0 Å². The number of carboxylic acid groups (broad SMARTS) is 1. The van der Waals surface area contributed by atoms with Gasteiger partial charge >= 0.3 is 47.9 Å². The highest BCUT2D eigenvalue weighted by molar-refractivity contribution is 5.96. The number of carbonyl (C=O) groups excluding carboxylic acids is 7. The highest BCUT2D eigenvalue weighted by atomic mass is 16.6. The minimum atomic E-state index is -0.902. The number of ether oxygens (including phenoxy) is 6. The largest absolute Gasteiger partial charge is 0.481 e. The number of carboxylic acids is 1. The minimum Gasteiger partial charge on any atom is -0.481 e. The Morgan fingerprint density at radius 1 is 0.537 bits per heavy atom. The number of hydrogen-bond acceptors (Lipinski definition) is 15. The van der Waals surface area contributed by atoms with Crippen molar-refractivity contribution in [3.05, 3.63) is 0 Å². The maximum absolute atomic E-state index is 14.9. The molecule has 458 valence electrons. The number of aliphatic hydroxyl groups is 1. The fraction of sp³-hybridized carbons (Fsp3) is 0.877. The highest BCUT2D eigenvalue weighted by Crippen LogP contribution is 2.69. The number of amides is 1. The van der Waals surface area contributed by atoms with Crippen molar-refractivity contribution < 1.29 is 77.0 Å². The molecule has 0 aromatic carbocycles. The van der Waals surface area contributed by atoms with Crippen molar-refractivity contribution in [1.82, 2.24) is 4.90 Å². The summed E-state index contributed by atoms with van der Waals surface area (Å²) in [6.07, 6.45) is 10.3. The van der Waals surface area contributed by atoms with Crippen LogP contribution in [0, 0.1) is 136 Å². The molecule has 10 fully saturated rings. The predicted molar refractivity (Wildman–Crippen MR) is 297 cm³/mol. The molecular weight excluding hydrogens is 1050 g/mol. The molecule has 10 aliphatic rings. The van der Waals surface area contributed by atoms with Gasteiger partial charge < -0.3 is 43.5 Å². The van der Waals surface area contributed by atoms with E-state index in [0.29, 0.717) is 50.0 Å². The number of nitrogens with zero attached hydrogens (tertiary/aromatic N) is 1. The van der Waals surface area contributed by atoms with Gasteiger partial charge in [-0.3, -0.25) is 33.6 Å². The molecule has 2 N–H and O–H groups in total. The van der Waals surface area contributed by atoms with Crippen LogP contribution in [0.3, 0.4) is 0 Å². The first-order chi connectivity index (χ1) is 38.5. The van der Waals surface area contributed by atoms with Crippen LogP contribution in [0.4, 0.5) is 4.79 Å². The fourth-order valence-electron chi connectivity index (χ4n) is 20.0. The number of rotatable bonds is 18. The van der Waals surface area contributed by atoms with Gasteiger partial charge in [-0.2, -0.15) is 0 Å². The van der Waals surface area contributed by atoms with E-state index in [4.69, 9.17) is 28.4 Å². The van der Waals surface area contributed by atoms with Gasteiger partial charge in [0.2, 0.25) is 0 Å². The first-order valence-corrected chi connectivity index (χ1v) is 31.9. The number of piperidine rings is 1. The average molecular weight is 1150 g/mol. The molecule has 2 saturated heterocycles. The van der Waals surface area contributed by atoms with Crippen LogP contribution in [0.1, 0.15) is 172 Å². The van der Waals surface area contributed by atoms with Crippen LogP contribution in [0.5, 0.6) is 0 Å². The topological polar surface area (TPSA) is 236 Å². The highest BCUT2D eigenvalue weighted by Gasteiger charge is 2.67. The number of aliphatic hydroxyl groups excluding tert-OH is 1. The van der Waals surface area contributed by atoms with Gasteiger partial charge in [0.25, 0.3) is 0 Å². The number of carbonyl (C=O) groups is 8. The van der Waals surface area contributed by atoms with E-state index in [1.54, 1.807) is 32.6 Å². The van der Waals surface area contributed by atoms with Gasteiger partial charge in [0.1, 0.15) is 23.4 Å². The van der Waals surface area contributed by atoms with E-state index in [2.05, 4.69) is 6.92 Å². The summed E-state index contributed by atoms with van der Waals surface area (Å²) >= 11 is 0. The van der Waals surface area contributed by atoms with Gasteiger partial charge in [-0.25, -0.2) is 4.79 Å². The Bertz CT molecular complexity index is 2450. The van der Waals surface area contributed by atoms with Crippen molar-refractivity contribution in [3.8, 4) is 0 Å². The zero-order valence-corrected chi connectivity index (χ0v) is 50.8. The standard InChI is InChI=1S/C65H97NO16/c1-31-33-20-41(52(21-33)59(73)80-63(3,4)5)37(31)26-39-35-23-43(51(25-35)57(71)78-19-17-67)44(39)28-40-34-22-42(50(24-34)55(68)69)45(40)29-47-46(27-38-32(2)56(70)79-58(38)72)48-30-49(47)54(61(75)81-64(6,7)8)53(48)60(74)77-18-15-36-14-12-13-16-66(36)62(76)82-65(9,10)11/h31-54,67H,12-30H2,1-11H3,(H,68,69). The Morgan fingerprint density at radius 3 is 1.62 bits per heavy atom. The molecule has 10 rings (SSSR count). The van der Waals surface area contributed by atoms with Gasteiger partial charge in [0.05, 0.1) is 54.6 Å². The zero-order valence-electron chi connectivity index (χ0n) is 50.8. The first-order valence-electron chi connectivity index (χ1n) is 31.9. The van der Waals surface area contributed by atoms with Gasteiger partial charge in [0.15, 0.2) is 0 Å². The van der Waals surface area contributed by atoms with E-state index in [9.17, 15) is 48.6 Å². The summed E-state index contributed by atoms with van der Waals surface area (Å²) in [6.45, 7) is 21.0. The molecular formula is C65H97NO16. The van der Waals surface area contributed by atoms with Gasteiger partial charge in [-0.15, -0.1) is 0 Å². The SMILES string of the molecule is CC1C(=O)OC(=O)C1CC1C(CC2C(CC3C(CC4C(C)C5CC(C(=O)OC(C)(C)C)C4C5)C4CC(C(=O)OCCO)C3C4)C3CC(C(=O)O)C2C3)C2CC1C(C(=O)OCCC1CCCCN1C(=O)OC(C)(C)C)C2C(=O)OC(C)(C)C. The Labute approximate surface area is 485 Å². The van der Waals surface area contributed by atoms with E-state index >= 15 is 0 Å². The summed E-state index contributed by atoms with van der Waals surface area (Å²) in [5, 5.41) is 20.6. The number of esters is 6. The lowest BCUT2D eigenvalue weighted by Gasteiger charge is -2.46. The lowest BCUT2D eigenvalue weighted by atomic mass is 9.58. The Kier molecular flexibility index (Phi) is 17.2. The molecule has 24 unspecified atom stereocenters. The average Bonchev–Trinajstić information content (AvgIpc) is 4.46. The van der Waals surface area contributed by atoms with E-state index < -0.39 is 88.3 Å². The number of fused-ring (bicyclic) bond motifs is 8. The number of cyclic esters (lactones) is 2. The maximum Gasteiger partial charge on any atom is 0.410 e.